The van der Waals surface area contributed by atoms with Crippen LogP contribution in [-0.2, 0) is 0 Å². The van der Waals surface area contributed by atoms with Gasteiger partial charge in [-0.25, -0.2) is 0 Å². The van der Waals surface area contributed by atoms with Crippen LogP contribution < -0.4 is 0 Å². The normalized spacial score (nSPS) is 59.8. The lowest BCUT2D eigenvalue weighted by molar-refractivity contribution is 0.0247. The monoisotopic (exact) mass is 164 g/mol. The predicted octanol–water partition coefficient (Wildman–Crippen LogP) is 3.47. The Bertz CT molecular complexity index is 228. The Morgan fingerprint density at radius 2 is 1.83 bits per heavy atom. The standard InChI is InChI=1S/C12H20/c1-8-4-5-10-9(8)6-12(10)7-11(12,2)3/h8-10H,4-7H2,1-3H3. The maximum atomic E-state index is 2.48. The molecule has 68 valence electrons. The Hall–Kier alpha value is 0. The summed E-state index contributed by atoms with van der Waals surface area (Å²) in [7, 11) is 0. The Morgan fingerprint density at radius 1 is 1.17 bits per heavy atom. The minimum Gasteiger partial charge on any atom is -0.0622 e. The molecule has 12 heavy (non-hydrogen) atoms. The number of fused-ring (bicyclic) bond motifs is 2. The zero-order chi connectivity index (χ0) is 8.56. The zero-order valence-electron chi connectivity index (χ0n) is 8.56. The van der Waals surface area contributed by atoms with Gasteiger partial charge in [-0.1, -0.05) is 27.2 Å². The summed E-state index contributed by atoms with van der Waals surface area (Å²) < 4.78 is 0. The molecule has 0 radical (unpaired) electrons. The maximum Gasteiger partial charge on any atom is -0.0207 e. The lowest BCUT2D eigenvalue weighted by Gasteiger charge is -2.46. The van der Waals surface area contributed by atoms with Gasteiger partial charge in [-0.05, 0) is 47.8 Å². The van der Waals surface area contributed by atoms with Crippen molar-refractivity contribution in [2.24, 2.45) is 28.6 Å². The highest BCUT2D eigenvalue weighted by atomic mass is 14.8. The van der Waals surface area contributed by atoms with Crippen LogP contribution in [0, 0.1) is 28.6 Å². The van der Waals surface area contributed by atoms with Gasteiger partial charge in [-0.3, -0.25) is 0 Å². The first-order valence-electron chi connectivity index (χ1n) is 5.57. The van der Waals surface area contributed by atoms with Crippen molar-refractivity contribution in [2.45, 2.75) is 46.5 Å². The second-order valence-electron chi connectivity index (χ2n) is 6.25. The van der Waals surface area contributed by atoms with E-state index in [1.165, 1.54) is 12.8 Å². The maximum absolute atomic E-state index is 2.48. The summed E-state index contributed by atoms with van der Waals surface area (Å²) in [5, 5.41) is 0. The number of hydrogen-bond acceptors (Lipinski definition) is 0. The summed E-state index contributed by atoms with van der Waals surface area (Å²) >= 11 is 0. The second-order valence-corrected chi connectivity index (χ2v) is 6.25. The molecule has 0 bridgehead atoms. The minimum atomic E-state index is 0.720. The van der Waals surface area contributed by atoms with E-state index in [9.17, 15) is 0 Å². The van der Waals surface area contributed by atoms with E-state index in [0.717, 1.165) is 28.6 Å². The van der Waals surface area contributed by atoms with Gasteiger partial charge in [0.05, 0.1) is 0 Å². The van der Waals surface area contributed by atoms with Gasteiger partial charge in [0.2, 0.25) is 0 Å². The molecule has 0 saturated heterocycles. The molecule has 3 fully saturated rings. The molecule has 4 unspecified atom stereocenters. The molecule has 0 aromatic heterocycles. The fraction of sp³-hybridized carbons (Fsp3) is 1.00. The molecule has 0 N–H and O–H groups in total. The number of rotatable bonds is 0. The Kier molecular flexibility index (Phi) is 1.09. The molecule has 0 amide bonds. The molecule has 0 aliphatic heterocycles. The van der Waals surface area contributed by atoms with E-state index in [4.69, 9.17) is 0 Å². The van der Waals surface area contributed by atoms with Crippen LogP contribution in [0.25, 0.3) is 0 Å². The molecule has 0 nitrogen and oxygen atoms in total. The summed E-state index contributed by atoms with van der Waals surface area (Å²) in [6.07, 6.45) is 6.18. The molecule has 4 atom stereocenters. The molecule has 0 aromatic rings. The fourth-order valence-electron chi connectivity index (χ4n) is 4.43. The first kappa shape index (κ1) is 7.41. The highest BCUT2D eigenvalue weighted by molar-refractivity contribution is 5.22. The molecule has 1 spiro atoms. The molecular formula is C12H20. The third-order valence-corrected chi connectivity index (χ3v) is 5.47. The quantitative estimate of drug-likeness (QED) is 0.514. The lowest BCUT2D eigenvalue weighted by Crippen LogP contribution is -2.39. The molecule has 0 heterocycles. The average molecular weight is 164 g/mol. The van der Waals surface area contributed by atoms with Crippen molar-refractivity contribution < 1.29 is 0 Å². The van der Waals surface area contributed by atoms with Crippen LogP contribution in [0.5, 0.6) is 0 Å². The van der Waals surface area contributed by atoms with E-state index in [0.29, 0.717) is 0 Å². The van der Waals surface area contributed by atoms with E-state index >= 15 is 0 Å². The third kappa shape index (κ3) is 0.592. The van der Waals surface area contributed by atoms with Crippen molar-refractivity contribution in [2.75, 3.05) is 0 Å². The Morgan fingerprint density at radius 3 is 2.33 bits per heavy atom. The van der Waals surface area contributed by atoms with Gasteiger partial charge in [0, 0.05) is 0 Å². The van der Waals surface area contributed by atoms with Crippen molar-refractivity contribution in [3.63, 3.8) is 0 Å². The van der Waals surface area contributed by atoms with Gasteiger partial charge < -0.3 is 0 Å². The summed E-state index contributed by atoms with van der Waals surface area (Å²) in [6, 6.07) is 0. The highest BCUT2D eigenvalue weighted by Gasteiger charge is 2.73. The third-order valence-electron chi connectivity index (χ3n) is 5.47. The van der Waals surface area contributed by atoms with Crippen molar-refractivity contribution in [1.82, 2.24) is 0 Å². The average Bonchev–Trinajstić information content (AvgIpc) is 2.39. The summed E-state index contributed by atoms with van der Waals surface area (Å²) in [5.74, 6) is 3.33. The van der Waals surface area contributed by atoms with Crippen LogP contribution in [0.1, 0.15) is 46.5 Å². The molecule has 3 aliphatic rings. The summed E-state index contributed by atoms with van der Waals surface area (Å²) in [5.41, 5.74) is 1.57. The zero-order valence-corrected chi connectivity index (χ0v) is 8.56. The van der Waals surface area contributed by atoms with Gasteiger partial charge >= 0.3 is 0 Å². The van der Waals surface area contributed by atoms with E-state index in [2.05, 4.69) is 20.8 Å². The highest BCUT2D eigenvalue weighted by Crippen LogP contribution is 2.81. The van der Waals surface area contributed by atoms with Crippen LogP contribution >= 0.6 is 0 Å². The smallest absolute Gasteiger partial charge is 0.0207 e. The molecule has 0 aromatic carbocycles. The van der Waals surface area contributed by atoms with Gasteiger partial charge in [-0.15, -0.1) is 0 Å². The van der Waals surface area contributed by atoms with Gasteiger partial charge in [0.25, 0.3) is 0 Å². The SMILES string of the molecule is CC1CCC2C1CC21CC1(C)C. The van der Waals surface area contributed by atoms with E-state index in [1.807, 2.05) is 0 Å². The molecule has 3 saturated carbocycles. The topological polar surface area (TPSA) is 0 Å². The van der Waals surface area contributed by atoms with Crippen LogP contribution in [0.4, 0.5) is 0 Å². The first-order valence-corrected chi connectivity index (χ1v) is 5.57. The molecule has 3 rings (SSSR count). The first-order chi connectivity index (χ1) is 5.57. The Labute approximate surface area is 75.7 Å². The van der Waals surface area contributed by atoms with Gasteiger partial charge in [0.1, 0.15) is 0 Å². The van der Waals surface area contributed by atoms with Crippen LogP contribution in [-0.4, -0.2) is 0 Å². The van der Waals surface area contributed by atoms with Crippen LogP contribution in [0.15, 0.2) is 0 Å². The molecular weight excluding hydrogens is 144 g/mol. The van der Waals surface area contributed by atoms with E-state index in [-0.39, 0.29) is 0 Å². The summed E-state index contributed by atoms with van der Waals surface area (Å²) in [4.78, 5) is 0. The molecule has 3 aliphatic carbocycles. The fourth-order valence-corrected chi connectivity index (χ4v) is 4.43. The van der Waals surface area contributed by atoms with Gasteiger partial charge in [-0.2, -0.15) is 0 Å². The van der Waals surface area contributed by atoms with Crippen molar-refractivity contribution in [3.8, 4) is 0 Å². The van der Waals surface area contributed by atoms with E-state index in [1.54, 1.807) is 12.8 Å². The number of hydrogen-bond donors (Lipinski definition) is 0. The van der Waals surface area contributed by atoms with Crippen LogP contribution in [0.2, 0.25) is 0 Å². The van der Waals surface area contributed by atoms with E-state index < -0.39 is 0 Å². The largest absolute Gasteiger partial charge is 0.0622 e. The lowest BCUT2D eigenvalue weighted by atomic mass is 9.59. The summed E-state index contributed by atoms with van der Waals surface area (Å²) in [6.45, 7) is 7.42. The van der Waals surface area contributed by atoms with Gasteiger partial charge in [0.15, 0.2) is 0 Å². The Balaban J connectivity index is 1.83. The minimum absolute atomic E-state index is 0.720. The van der Waals surface area contributed by atoms with Crippen molar-refractivity contribution in [1.29, 1.82) is 0 Å². The second kappa shape index (κ2) is 1.76. The molecule has 0 heteroatoms. The van der Waals surface area contributed by atoms with Crippen molar-refractivity contribution in [3.05, 3.63) is 0 Å². The predicted molar refractivity (Wildman–Crippen MR) is 50.8 cm³/mol. The van der Waals surface area contributed by atoms with Crippen molar-refractivity contribution >= 4 is 0 Å². The van der Waals surface area contributed by atoms with Crippen LogP contribution in [0.3, 0.4) is 0 Å².